The van der Waals surface area contributed by atoms with Crippen molar-refractivity contribution >= 4 is 73.9 Å². The smallest absolute Gasteiger partial charge is 0.316 e. The summed E-state index contributed by atoms with van der Waals surface area (Å²) in [5.41, 5.74) is 2.45. The number of ketones is 3. The fraction of sp³-hybridized carbons (Fsp3) is 0.254. The summed E-state index contributed by atoms with van der Waals surface area (Å²) in [6.45, 7) is 0. The van der Waals surface area contributed by atoms with Crippen LogP contribution in [0, 0.1) is 34.0 Å². The highest BCUT2D eigenvalue weighted by atomic mass is 32.3. The molecular formula is C67H54F8N10O9S2. The second-order valence-electron chi connectivity index (χ2n) is 22.8. The Balaban J connectivity index is 0.000000157. The first-order valence-corrected chi connectivity index (χ1v) is 32.5. The third-order valence-electron chi connectivity index (χ3n) is 16.9. The van der Waals surface area contributed by atoms with Gasteiger partial charge in [-0.05, 0) is 109 Å². The average molecular weight is 1360 g/mol. The molecule has 2 N–H and O–H groups in total. The molecule has 6 aliphatic rings. The molecule has 0 spiro atoms. The van der Waals surface area contributed by atoms with E-state index >= 15 is 0 Å². The van der Waals surface area contributed by atoms with Crippen molar-refractivity contribution < 1.29 is 77.2 Å². The van der Waals surface area contributed by atoms with E-state index in [9.17, 15) is 87.7 Å². The number of carbonyl (C=O) groups is 6. The van der Waals surface area contributed by atoms with E-state index in [2.05, 4.69) is 4.98 Å². The number of hydrogen-bond donors (Lipinski definition) is 2. The van der Waals surface area contributed by atoms with Gasteiger partial charge in [0.1, 0.15) is 5.69 Å². The van der Waals surface area contributed by atoms with Crippen LogP contribution >= 0.6 is 10.6 Å². The normalized spacial score (nSPS) is 19.4. The minimum Gasteiger partial charge on any atom is -0.316 e. The Bertz CT molecular complexity index is 4530. The van der Waals surface area contributed by atoms with Crippen LogP contribution in [0.3, 0.4) is 0 Å². The largest absolute Gasteiger partial charge is 0.433 e. The molecule has 0 radical (unpaired) electrons. The second-order valence-corrected chi connectivity index (χ2v) is 26.3. The molecule has 96 heavy (non-hydrogen) atoms. The van der Waals surface area contributed by atoms with Gasteiger partial charge in [-0.15, -0.1) is 0 Å². The van der Waals surface area contributed by atoms with Crippen molar-refractivity contribution in [2.24, 2.45) is 0 Å². The van der Waals surface area contributed by atoms with Crippen molar-refractivity contribution in [2.45, 2.75) is 85.2 Å². The molecule has 6 amide bonds. The van der Waals surface area contributed by atoms with Gasteiger partial charge in [-0.25, -0.2) is 23.2 Å². The molecule has 0 fully saturated rings. The number of Topliss-reactive ketones (excluding diaryl/α,β-unsaturated/α-hetero) is 3. The lowest BCUT2D eigenvalue weighted by atomic mass is 9.92. The zero-order chi connectivity index (χ0) is 69.8. The van der Waals surface area contributed by atoms with Crippen LogP contribution in [0.4, 0.5) is 66.6 Å². The lowest BCUT2D eigenvalue weighted by Crippen LogP contribution is -2.48. The van der Waals surface area contributed by atoms with E-state index < -0.39 is 81.6 Å². The molecule has 19 nitrogen and oxygen atoms in total. The summed E-state index contributed by atoms with van der Waals surface area (Å²) < 4.78 is 139. The first-order valence-electron chi connectivity index (χ1n) is 29.0. The van der Waals surface area contributed by atoms with Crippen molar-refractivity contribution in [3.63, 3.8) is 0 Å². The Morgan fingerprint density at radius 3 is 1.45 bits per heavy atom. The Hall–Kier alpha value is -10.4. The van der Waals surface area contributed by atoms with Gasteiger partial charge >= 0.3 is 30.4 Å². The molecule has 4 atom stereocenters. The summed E-state index contributed by atoms with van der Waals surface area (Å²) >= 11 is 0. The fourth-order valence-corrected chi connectivity index (χ4v) is 14.4. The molecule has 0 saturated carbocycles. The van der Waals surface area contributed by atoms with Gasteiger partial charge in [-0.2, -0.15) is 52.7 Å². The van der Waals surface area contributed by atoms with E-state index in [1.807, 2.05) is 18.2 Å². The van der Waals surface area contributed by atoms with E-state index in [0.29, 0.717) is 45.1 Å². The summed E-state index contributed by atoms with van der Waals surface area (Å²) in [6, 6.07) is 29.4. The summed E-state index contributed by atoms with van der Waals surface area (Å²) in [5.74, 6) is -0.607. The minimum atomic E-state index is -4.72. The quantitative estimate of drug-likeness (QED) is 0.128. The zero-order valence-corrected chi connectivity index (χ0v) is 52.9. The highest BCUT2D eigenvalue weighted by molar-refractivity contribution is 8.23. The topological polar surface area (TPSA) is 264 Å². The number of amides is 6. The molecule has 5 aromatic carbocycles. The maximum absolute atomic E-state index is 13.4. The van der Waals surface area contributed by atoms with Gasteiger partial charge in [0.25, 0.3) is 6.43 Å². The van der Waals surface area contributed by atoms with E-state index in [0.717, 1.165) is 39.8 Å². The SMILES string of the molecule is CN1C(=O)N(c2cccc(C(F)(F)F)c2)C2=C(C(=O)CC2)C1c1ccc(C#N)cc1S(C)=O.CN1C(=O)N(c2cccc(C(F)F)c2)C2=C(C(=O)CC2)[C@H]1c1ccc(C#N)cc1.CN1C(=O)N(c2ccnc(C(F)(F)F)c2)C2=C(C(=O)CC2)C1c1ccc(C#N)cc1S(C)(O)O. The number of benzene rings is 5. The lowest BCUT2D eigenvalue weighted by Gasteiger charge is -2.42. The number of hydrogen-bond acceptors (Lipinski definition) is 13. The molecule has 3 aliphatic heterocycles. The Morgan fingerprint density at radius 1 is 0.542 bits per heavy atom. The number of nitrogens with zero attached hydrogens (tertiary/aromatic N) is 10. The van der Waals surface area contributed by atoms with Crippen molar-refractivity contribution in [1.29, 1.82) is 15.8 Å². The van der Waals surface area contributed by atoms with E-state index in [1.165, 1.54) is 113 Å². The van der Waals surface area contributed by atoms with Crippen LogP contribution in [-0.2, 0) is 37.5 Å². The van der Waals surface area contributed by atoms with E-state index in [4.69, 9.17) is 5.26 Å². The minimum absolute atomic E-state index is 0.0134. The van der Waals surface area contributed by atoms with Crippen LogP contribution in [0.5, 0.6) is 0 Å². The maximum atomic E-state index is 13.4. The van der Waals surface area contributed by atoms with Gasteiger partial charge in [-0.3, -0.25) is 47.4 Å². The third-order valence-corrected chi connectivity index (χ3v) is 19.1. The highest BCUT2D eigenvalue weighted by Gasteiger charge is 2.49. The van der Waals surface area contributed by atoms with Crippen LogP contribution in [-0.4, -0.2) is 102 Å². The average Bonchev–Trinajstić information content (AvgIpc) is 1.41. The van der Waals surface area contributed by atoms with Gasteiger partial charge in [0.2, 0.25) is 0 Å². The Morgan fingerprint density at radius 2 is 0.979 bits per heavy atom. The number of allylic oxidation sites excluding steroid dienone is 3. The van der Waals surface area contributed by atoms with Crippen molar-refractivity contribution in [2.75, 3.05) is 48.4 Å². The van der Waals surface area contributed by atoms with Crippen LogP contribution in [0.15, 0.2) is 171 Å². The molecule has 494 valence electrons. The number of alkyl halides is 8. The zero-order valence-electron chi connectivity index (χ0n) is 51.2. The summed E-state index contributed by atoms with van der Waals surface area (Å²) in [5, 5.41) is 27.4. The van der Waals surface area contributed by atoms with Gasteiger partial charge in [-0.1, -0.05) is 42.5 Å². The summed E-state index contributed by atoms with van der Waals surface area (Å²) in [7, 11) is -0.463. The van der Waals surface area contributed by atoms with E-state index in [-0.39, 0.29) is 111 Å². The monoisotopic (exact) mass is 1360 g/mol. The predicted molar refractivity (Wildman–Crippen MR) is 334 cm³/mol. The van der Waals surface area contributed by atoms with Crippen LogP contribution in [0.2, 0.25) is 0 Å². The number of carbonyl (C=O) groups excluding carboxylic acids is 6. The third kappa shape index (κ3) is 12.9. The molecule has 0 saturated heterocycles. The number of anilines is 3. The van der Waals surface area contributed by atoms with Crippen molar-refractivity contribution in [3.8, 4) is 18.2 Å². The standard InChI is InChI=1S/C23H18F3N3O3S.C22H19F3N4O4S.C22H17F2N3O2/c1-28-21(16-7-6-13(12-27)10-19(16)33(2)32)20-17(8-9-18(20)30)29(22(28)31)15-5-3-4-14(11-15)23(24,25)26;1-28-20(14-4-3-12(11-26)9-17(14)34(2,32)33)19-15(5-6-16(19)30)29(21(28)31)13-7-8-27-18(10-13)22(23,24)25;1-26-20(14-7-5-13(12-25)6-8-14)19-17(9-10-18(19)28)27(22(26)29)16-4-2-3-15(11-16)21(23)24/h3-7,10-11,21H,8-9H2,1-2H3;3-4,7-10,20,32-33H,5-6H2,1-2H3;2-8,11,20-21H,9-10H2,1H3/t;;20-/m..1/s1. The van der Waals surface area contributed by atoms with Crippen LogP contribution in [0.1, 0.15) is 113 Å². The van der Waals surface area contributed by atoms with Crippen LogP contribution in [0.25, 0.3) is 0 Å². The number of rotatable bonds is 9. The Labute approximate surface area is 547 Å². The molecule has 3 aliphatic carbocycles. The first-order chi connectivity index (χ1) is 45.3. The number of likely N-dealkylation sites (N-methyl/N-ethyl adjacent to an activating group) is 3. The molecule has 0 bridgehead atoms. The van der Waals surface area contributed by atoms with Crippen LogP contribution < -0.4 is 14.7 Å². The maximum Gasteiger partial charge on any atom is 0.433 e. The van der Waals surface area contributed by atoms with Crippen molar-refractivity contribution in [3.05, 3.63) is 212 Å². The Kier molecular flexibility index (Phi) is 18.9. The molecule has 1 aromatic heterocycles. The molecule has 29 heteroatoms. The van der Waals surface area contributed by atoms with Gasteiger partial charge in [0, 0.05) is 109 Å². The first kappa shape index (κ1) is 68.5. The second kappa shape index (κ2) is 26.4. The fourth-order valence-electron chi connectivity index (χ4n) is 12.6. The summed E-state index contributed by atoms with van der Waals surface area (Å²) in [4.78, 5) is 89.8. The van der Waals surface area contributed by atoms with E-state index in [1.54, 1.807) is 43.4 Å². The number of aromatic nitrogens is 1. The molecule has 12 rings (SSSR count). The number of pyridine rings is 1. The highest BCUT2D eigenvalue weighted by Crippen LogP contribution is 2.54. The van der Waals surface area contributed by atoms with Gasteiger partial charge in [0.15, 0.2) is 17.3 Å². The molecule has 4 heterocycles. The number of halogens is 8. The molecule has 6 aromatic rings. The molecule has 3 unspecified atom stereocenters. The molecular weight excluding hydrogens is 1300 g/mol. The lowest BCUT2D eigenvalue weighted by molar-refractivity contribution is -0.141. The number of nitriles is 3. The number of urea groups is 3. The van der Waals surface area contributed by atoms with Gasteiger partial charge in [0.05, 0.1) is 91.3 Å². The summed E-state index contributed by atoms with van der Waals surface area (Å²) in [6.07, 6.45) is -7.30. The van der Waals surface area contributed by atoms with Crippen molar-refractivity contribution in [1.82, 2.24) is 19.7 Å². The van der Waals surface area contributed by atoms with Gasteiger partial charge < -0.3 is 14.7 Å². The predicted octanol–water partition coefficient (Wildman–Crippen LogP) is 14.2.